The van der Waals surface area contributed by atoms with Crippen LogP contribution in [0.5, 0.6) is 11.5 Å². The molecule has 0 spiro atoms. The van der Waals surface area contributed by atoms with Gasteiger partial charge in [0.25, 0.3) is 5.92 Å². The van der Waals surface area contributed by atoms with Crippen LogP contribution in [0.1, 0.15) is 44.1 Å². The molecular weight excluding hydrogens is 492 g/mol. The first-order valence-corrected chi connectivity index (χ1v) is 13.0. The van der Waals surface area contributed by atoms with Crippen LogP contribution in [0.2, 0.25) is 5.02 Å². The molecule has 184 valence electrons. The summed E-state index contributed by atoms with van der Waals surface area (Å²) in [7, 11) is 0. The lowest BCUT2D eigenvalue weighted by molar-refractivity contribution is -0.119. The topological polar surface area (TPSA) is 47.6 Å². The van der Waals surface area contributed by atoms with Gasteiger partial charge in [-0.05, 0) is 97.6 Å². The minimum Gasteiger partial charge on any atom is -0.490 e. The van der Waals surface area contributed by atoms with Crippen molar-refractivity contribution in [1.29, 1.82) is 0 Å². The first-order valence-electron chi connectivity index (χ1n) is 11.8. The second kappa shape index (κ2) is 10.3. The predicted molar refractivity (Wildman–Crippen MR) is 135 cm³/mol. The number of carbonyl (C=O) groups is 1. The number of ether oxygens (including phenoxy) is 2. The molecule has 0 aliphatic heterocycles. The van der Waals surface area contributed by atoms with Crippen LogP contribution < -0.4 is 14.2 Å². The highest BCUT2D eigenvalue weighted by Gasteiger charge is 2.42. The Morgan fingerprint density at radius 2 is 1.66 bits per heavy atom. The number of halogens is 3. The van der Waals surface area contributed by atoms with Gasteiger partial charge in [-0.2, -0.15) is 8.78 Å². The highest BCUT2D eigenvalue weighted by molar-refractivity contribution is 7.97. The van der Waals surface area contributed by atoms with Crippen LogP contribution in [0.4, 0.5) is 8.78 Å². The number of nitrogens with one attached hydrogen (secondary N) is 1. The fourth-order valence-corrected chi connectivity index (χ4v) is 5.15. The number of alkyl halides is 2. The molecule has 1 unspecified atom stereocenters. The maximum Gasteiger partial charge on any atom is 0.295 e. The number of hydrogen-bond acceptors (Lipinski definition) is 5. The summed E-state index contributed by atoms with van der Waals surface area (Å²) < 4.78 is 44.8. The van der Waals surface area contributed by atoms with E-state index < -0.39 is 12.0 Å². The monoisotopic (exact) mass is 517 g/mol. The van der Waals surface area contributed by atoms with E-state index in [1.165, 1.54) is 31.0 Å². The van der Waals surface area contributed by atoms with Gasteiger partial charge in [0.1, 0.15) is 23.8 Å². The molecule has 2 saturated carbocycles. The van der Waals surface area contributed by atoms with Gasteiger partial charge in [-0.25, -0.2) is 4.72 Å². The normalized spacial score (nSPS) is 17.5. The van der Waals surface area contributed by atoms with E-state index in [9.17, 15) is 4.79 Å². The predicted octanol–water partition coefficient (Wildman–Crippen LogP) is 7.31. The third kappa shape index (κ3) is 5.74. The van der Waals surface area contributed by atoms with Crippen molar-refractivity contribution in [3.63, 3.8) is 0 Å². The SMILES string of the molecule is O=CC(NSc1ccc2cc(OC3CCCC3)ccc2c1)C(F)(F)c1ccc(Cl)c(OC2CC2)c1. The minimum atomic E-state index is -3.45. The van der Waals surface area contributed by atoms with Gasteiger partial charge in [0.15, 0.2) is 0 Å². The summed E-state index contributed by atoms with van der Waals surface area (Å²) >= 11 is 7.10. The van der Waals surface area contributed by atoms with E-state index >= 15 is 8.78 Å². The molecule has 5 rings (SSSR count). The Kier molecular flexibility index (Phi) is 7.19. The zero-order chi connectivity index (χ0) is 24.4. The highest BCUT2D eigenvalue weighted by atomic mass is 35.5. The van der Waals surface area contributed by atoms with E-state index in [0.29, 0.717) is 0 Å². The Bertz CT molecular complexity index is 1210. The lowest BCUT2D eigenvalue weighted by Gasteiger charge is -2.24. The maximum absolute atomic E-state index is 15.2. The lowest BCUT2D eigenvalue weighted by Crippen LogP contribution is -2.41. The van der Waals surface area contributed by atoms with Crippen LogP contribution in [0.25, 0.3) is 10.8 Å². The van der Waals surface area contributed by atoms with E-state index in [4.69, 9.17) is 21.1 Å². The van der Waals surface area contributed by atoms with Gasteiger partial charge in [-0.3, -0.25) is 0 Å². The summed E-state index contributed by atoms with van der Waals surface area (Å²) in [6, 6.07) is 13.7. The van der Waals surface area contributed by atoms with Crippen molar-refractivity contribution in [3.05, 3.63) is 65.2 Å². The van der Waals surface area contributed by atoms with Crippen LogP contribution in [0, 0.1) is 0 Å². The maximum atomic E-state index is 15.2. The Hall–Kier alpha value is -2.35. The molecule has 1 N–H and O–H groups in total. The summed E-state index contributed by atoms with van der Waals surface area (Å²) in [5.74, 6) is -2.39. The molecule has 35 heavy (non-hydrogen) atoms. The molecule has 0 aromatic heterocycles. The van der Waals surface area contributed by atoms with E-state index in [2.05, 4.69) is 4.72 Å². The third-order valence-electron chi connectivity index (χ3n) is 6.35. The van der Waals surface area contributed by atoms with Crippen molar-refractivity contribution < 1.29 is 23.0 Å². The molecule has 3 aromatic carbocycles. The van der Waals surface area contributed by atoms with Gasteiger partial charge in [-0.15, -0.1) is 0 Å². The van der Waals surface area contributed by atoms with Crippen molar-refractivity contribution in [1.82, 2.24) is 4.72 Å². The van der Waals surface area contributed by atoms with E-state index in [-0.39, 0.29) is 34.8 Å². The standard InChI is InChI=1S/C27H26ClF2NO3S/c28-24-12-7-19(15-25(24)34-21-9-10-21)27(29,30)26(16-32)31-35-23-11-6-17-13-22(8-5-18(17)14-23)33-20-3-1-2-4-20/h5-8,11-16,20-21,26,31H,1-4,9-10H2. The Morgan fingerprint density at radius 3 is 2.40 bits per heavy atom. The minimum absolute atomic E-state index is 0.0187. The molecule has 2 aliphatic carbocycles. The van der Waals surface area contributed by atoms with Crippen molar-refractivity contribution in [2.75, 3.05) is 0 Å². The second-order valence-corrected chi connectivity index (χ2v) is 10.4. The van der Waals surface area contributed by atoms with Gasteiger partial charge >= 0.3 is 0 Å². The quantitative estimate of drug-likeness (QED) is 0.225. The van der Waals surface area contributed by atoms with E-state index in [1.54, 1.807) is 0 Å². The fourth-order valence-electron chi connectivity index (χ4n) is 4.20. The van der Waals surface area contributed by atoms with Crippen molar-refractivity contribution >= 4 is 40.6 Å². The fraction of sp³-hybridized carbons (Fsp3) is 0.370. The molecule has 0 radical (unpaired) electrons. The Morgan fingerprint density at radius 1 is 0.943 bits per heavy atom. The van der Waals surface area contributed by atoms with E-state index in [0.717, 1.165) is 59.0 Å². The zero-order valence-electron chi connectivity index (χ0n) is 19.0. The highest BCUT2D eigenvalue weighted by Crippen LogP contribution is 2.39. The van der Waals surface area contributed by atoms with Gasteiger partial charge in [-0.1, -0.05) is 29.8 Å². The summed E-state index contributed by atoms with van der Waals surface area (Å²) in [6.07, 6.45) is 6.89. The number of rotatable bonds is 10. The summed E-state index contributed by atoms with van der Waals surface area (Å²) in [5, 5.41) is 2.24. The summed E-state index contributed by atoms with van der Waals surface area (Å²) in [5.41, 5.74) is -0.323. The first kappa shape index (κ1) is 24.3. The molecular formula is C27H26ClF2NO3S. The zero-order valence-corrected chi connectivity index (χ0v) is 20.6. The van der Waals surface area contributed by atoms with Gasteiger partial charge < -0.3 is 14.3 Å². The Balaban J connectivity index is 1.27. The summed E-state index contributed by atoms with van der Waals surface area (Å²) in [6.45, 7) is 0. The molecule has 0 amide bonds. The molecule has 0 saturated heterocycles. The van der Waals surface area contributed by atoms with Crippen LogP contribution in [0.3, 0.4) is 0 Å². The van der Waals surface area contributed by atoms with Gasteiger partial charge in [0, 0.05) is 10.5 Å². The number of carbonyl (C=O) groups excluding carboxylic acids is 1. The van der Waals surface area contributed by atoms with Crippen LogP contribution in [-0.4, -0.2) is 24.5 Å². The smallest absolute Gasteiger partial charge is 0.295 e. The number of aldehydes is 1. The molecule has 4 nitrogen and oxygen atoms in total. The molecule has 8 heteroatoms. The van der Waals surface area contributed by atoms with Gasteiger partial charge in [0.05, 0.1) is 17.2 Å². The second-order valence-electron chi connectivity index (χ2n) is 9.11. The van der Waals surface area contributed by atoms with Crippen LogP contribution in [0.15, 0.2) is 59.5 Å². The molecule has 3 aromatic rings. The molecule has 2 aliphatic rings. The largest absolute Gasteiger partial charge is 0.490 e. The number of hydrogen-bond donors (Lipinski definition) is 1. The molecule has 0 bridgehead atoms. The van der Waals surface area contributed by atoms with Crippen LogP contribution in [-0.2, 0) is 10.7 Å². The van der Waals surface area contributed by atoms with Crippen LogP contribution >= 0.6 is 23.5 Å². The van der Waals surface area contributed by atoms with E-state index in [1.807, 2.05) is 36.4 Å². The lowest BCUT2D eigenvalue weighted by atomic mass is 10.0. The average Bonchev–Trinajstić information content (AvgIpc) is 3.52. The van der Waals surface area contributed by atoms with Gasteiger partial charge in [0.2, 0.25) is 0 Å². The number of benzene rings is 3. The van der Waals surface area contributed by atoms with Crippen molar-refractivity contribution in [2.45, 2.75) is 67.6 Å². The first-order chi connectivity index (χ1) is 16.9. The average molecular weight is 518 g/mol. The van der Waals surface area contributed by atoms with Crippen molar-refractivity contribution in [3.8, 4) is 11.5 Å². The molecule has 2 fully saturated rings. The summed E-state index contributed by atoms with van der Waals surface area (Å²) in [4.78, 5) is 12.4. The Labute approximate surface area is 212 Å². The number of fused-ring (bicyclic) bond motifs is 1. The molecule has 0 heterocycles. The third-order valence-corrected chi connectivity index (χ3v) is 7.53. The van der Waals surface area contributed by atoms with Crippen molar-refractivity contribution in [2.24, 2.45) is 0 Å². The molecule has 1 atom stereocenters.